The van der Waals surface area contributed by atoms with Crippen LogP contribution in [0.1, 0.15) is 73.5 Å². The second kappa shape index (κ2) is 16.3. The van der Waals surface area contributed by atoms with Crippen molar-refractivity contribution in [1.82, 2.24) is 0 Å². The monoisotopic (exact) mass is 616 g/mol. The maximum absolute atomic E-state index is 12.9. The standard InChI is InChI=1S/C36H41F5OS/c37-35(38,36(39,40)41)23-12-26-43-25-11-3-10-24-42-32-21-19-29(20-22-32)33-18-9-8-17-31(27-28-13-4-1-5-14-28)34(33)30-15-6-2-7-16-30/h1-2,4-8,13-17,19-22,31,33-34H,3,9-12,18,23-27H2. The van der Waals surface area contributed by atoms with Crippen molar-refractivity contribution in [2.24, 2.45) is 5.92 Å². The minimum absolute atomic E-state index is 0.145. The van der Waals surface area contributed by atoms with Crippen LogP contribution in [-0.4, -0.2) is 30.2 Å². The van der Waals surface area contributed by atoms with Gasteiger partial charge in [-0.3, -0.25) is 0 Å². The van der Waals surface area contributed by atoms with Crippen LogP contribution in [0, 0.1) is 5.92 Å². The van der Waals surface area contributed by atoms with Crippen LogP contribution in [0.5, 0.6) is 5.75 Å². The van der Waals surface area contributed by atoms with Crippen molar-refractivity contribution < 1.29 is 26.7 Å². The van der Waals surface area contributed by atoms with Crippen molar-refractivity contribution in [3.05, 3.63) is 114 Å². The molecule has 232 valence electrons. The lowest BCUT2D eigenvalue weighted by molar-refractivity contribution is -0.284. The molecule has 3 aromatic rings. The van der Waals surface area contributed by atoms with Crippen molar-refractivity contribution in [2.45, 2.75) is 75.3 Å². The Morgan fingerprint density at radius 1 is 0.721 bits per heavy atom. The summed E-state index contributed by atoms with van der Waals surface area (Å²) in [7, 11) is 0. The molecule has 1 aliphatic carbocycles. The zero-order valence-corrected chi connectivity index (χ0v) is 25.3. The highest BCUT2D eigenvalue weighted by molar-refractivity contribution is 7.99. The fraction of sp³-hybridized carbons (Fsp3) is 0.444. The van der Waals surface area contributed by atoms with E-state index in [1.54, 1.807) is 0 Å². The first kappa shape index (κ1) is 33.1. The number of ether oxygens (including phenoxy) is 1. The molecule has 3 atom stereocenters. The molecule has 7 heteroatoms. The van der Waals surface area contributed by atoms with E-state index >= 15 is 0 Å². The maximum Gasteiger partial charge on any atom is 0.453 e. The largest absolute Gasteiger partial charge is 0.494 e. The van der Waals surface area contributed by atoms with Crippen LogP contribution < -0.4 is 4.74 Å². The molecular formula is C36H41F5OS. The molecule has 0 amide bonds. The van der Waals surface area contributed by atoms with Crippen molar-refractivity contribution in [3.8, 4) is 5.75 Å². The highest BCUT2D eigenvalue weighted by atomic mass is 32.2. The van der Waals surface area contributed by atoms with Crippen LogP contribution in [0.25, 0.3) is 0 Å². The van der Waals surface area contributed by atoms with Crippen molar-refractivity contribution in [1.29, 1.82) is 0 Å². The normalized spacial score (nSPS) is 19.2. The van der Waals surface area contributed by atoms with Crippen LogP contribution in [0.15, 0.2) is 97.1 Å². The van der Waals surface area contributed by atoms with Crippen LogP contribution >= 0.6 is 11.8 Å². The summed E-state index contributed by atoms with van der Waals surface area (Å²) in [6, 6.07) is 30.1. The summed E-state index contributed by atoms with van der Waals surface area (Å²) < 4.78 is 68.5. The molecule has 1 nitrogen and oxygen atoms in total. The van der Waals surface area contributed by atoms with Crippen molar-refractivity contribution in [2.75, 3.05) is 18.1 Å². The van der Waals surface area contributed by atoms with Gasteiger partial charge in [-0.15, -0.1) is 0 Å². The molecule has 0 heterocycles. The lowest BCUT2D eigenvalue weighted by atomic mass is 9.71. The number of halogens is 5. The van der Waals surface area contributed by atoms with Gasteiger partial charge in [0, 0.05) is 6.42 Å². The van der Waals surface area contributed by atoms with Gasteiger partial charge < -0.3 is 4.74 Å². The summed E-state index contributed by atoms with van der Waals surface area (Å²) in [6.07, 6.45) is 3.83. The molecule has 0 bridgehead atoms. The van der Waals surface area contributed by atoms with Gasteiger partial charge in [-0.05, 0) is 103 Å². The molecule has 0 spiro atoms. The second-order valence-electron chi connectivity index (χ2n) is 11.3. The Bertz CT molecular complexity index is 1230. The highest BCUT2D eigenvalue weighted by Gasteiger charge is 2.56. The molecule has 0 saturated heterocycles. The molecule has 1 aliphatic rings. The number of rotatable bonds is 15. The van der Waals surface area contributed by atoms with Crippen LogP contribution in [0.4, 0.5) is 22.0 Å². The zero-order chi connectivity index (χ0) is 30.5. The van der Waals surface area contributed by atoms with Gasteiger partial charge in [0.2, 0.25) is 0 Å². The number of alkyl halides is 5. The van der Waals surface area contributed by atoms with E-state index in [9.17, 15) is 22.0 Å². The van der Waals surface area contributed by atoms with Gasteiger partial charge in [0.1, 0.15) is 5.75 Å². The number of hydrogen-bond donors (Lipinski definition) is 0. The lowest BCUT2D eigenvalue weighted by Gasteiger charge is -2.32. The topological polar surface area (TPSA) is 9.23 Å². The van der Waals surface area contributed by atoms with Crippen molar-refractivity contribution in [3.63, 3.8) is 0 Å². The maximum atomic E-state index is 12.9. The van der Waals surface area contributed by atoms with E-state index in [4.69, 9.17) is 4.74 Å². The average Bonchev–Trinajstić information content (AvgIpc) is 3.21. The van der Waals surface area contributed by atoms with E-state index < -0.39 is 18.5 Å². The summed E-state index contributed by atoms with van der Waals surface area (Å²) in [6.45, 7) is 0.584. The molecule has 3 unspecified atom stereocenters. The summed E-state index contributed by atoms with van der Waals surface area (Å²) >= 11 is 1.43. The molecule has 4 rings (SSSR count). The third-order valence-corrected chi connectivity index (χ3v) is 9.28. The Labute approximate surface area is 256 Å². The third-order valence-electron chi connectivity index (χ3n) is 8.13. The molecular weight excluding hydrogens is 575 g/mol. The summed E-state index contributed by atoms with van der Waals surface area (Å²) in [5.41, 5.74) is 4.05. The summed E-state index contributed by atoms with van der Waals surface area (Å²) in [5.74, 6) is -1.55. The van der Waals surface area contributed by atoms with Gasteiger partial charge in [0.25, 0.3) is 0 Å². The molecule has 0 aliphatic heterocycles. The van der Waals surface area contributed by atoms with E-state index in [1.165, 1.54) is 28.5 Å². The number of unbranched alkanes of at least 4 members (excludes halogenated alkanes) is 2. The fourth-order valence-electron chi connectivity index (χ4n) is 5.88. The Morgan fingerprint density at radius 2 is 1.40 bits per heavy atom. The van der Waals surface area contributed by atoms with E-state index in [1.807, 2.05) is 0 Å². The molecule has 0 aromatic heterocycles. The van der Waals surface area contributed by atoms with Gasteiger partial charge in [-0.1, -0.05) is 84.9 Å². The van der Waals surface area contributed by atoms with Crippen LogP contribution in [-0.2, 0) is 6.42 Å². The number of benzene rings is 3. The molecule has 0 N–H and O–H groups in total. The average molecular weight is 617 g/mol. The quantitative estimate of drug-likeness (QED) is 0.0954. The van der Waals surface area contributed by atoms with E-state index in [2.05, 4.69) is 97.1 Å². The molecule has 3 aromatic carbocycles. The van der Waals surface area contributed by atoms with Crippen LogP contribution in [0.3, 0.4) is 0 Å². The fourth-order valence-corrected chi connectivity index (χ4v) is 6.84. The predicted molar refractivity (Wildman–Crippen MR) is 167 cm³/mol. The van der Waals surface area contributed by atoms with E-state index in [0.717, 1.165) is 50.0 Å². The Morgan fingerprint density at radius 3 is 2.09 bits per heavy atom. The van der Waals surface area contributed by atoms with Crippen LogP contribution in [0.2, 0.25) is 0 Å². The minimum atomic E-state index is -5.46. The minimum Gasteiger partial charge on any atom is -0.494 e. The molecule has 43 heavy (non-hydrogen) atoms. The molecule has 0 radical (unpaired) electrons. The Hall–Kier alpha value is -2.80. The van der Waals surface area contributed by atoms with Crippen molar-refractivity contribution >= 4 is 11.8 Å². The van der Waals surface area contributed by atoms with Gasteiger partial charge in [-0.2, -0.15) is 33.7 Å². The Kier molecular flexibility index (Phi) is 12.6. The zero-order valence-electron chi connectivity index (χ0n) is 24.5. The number of hydrogen-bond acceptors (Lipinski definition) is 2. The second-order valence-corrected chi connectivity index (χ2v) is 12.5. The van der Waals surface area contributed by atoms with Gasteiger partial charge >= 0.3 is 12.1 Å². The first-order valence-electron chi connectivity index (χ1n) is 15.3. The predicted octanol–water partition coefficient (Wildman–Crippen LogP) is 11.0. The number of allylic oxidation sites excluding steroid dienone is 2. The smallest absolute Gasteiger partial charge is 0.453 e. The summed E-state index contributed by atoms with van der Waals surface area (Å²) in [5, 5.41) is 0. The third kappa shape index (κ3) is 10.1. The molecule has 0 saturated carbocycles. The SMILES string of the molecule is FC(F)(F)C(F)(F)CCCSCCCCCOc1ccc(C2CCC=CC(Cc3ccccc3)C2c2ccccc2)cc1. The highest BCUT2D eigenvalue weighted by Crippen LogP contribution is 2.45. The van der Waals surface area contributed by atoms with E-state index in [0.29, 0.717) is 30.1 Å². The summed E-state index contributed by atoms with van der Waals surface area (Å²) in [4.78, 5) is 0. The van der Waals surface area contributed by atoms with Gasteiger partial charge in [-0.25, -0.2) is 0 Å². The Balaban J connectivity index is 1.24. The van der Waals surface area contributed by atoms with Gasteiger partial charge in [0.05, 0.1) is 6.61 Å². The first-order valence-corrected chi connectivity index (χ1v) is 16.4. The van der Waals surface area contributed by atoms with Gasteiger partial charge in [0.15, 0.2) is 0 Å². The van der Waals surface area contributed by atoms with E-state index in [-0.39, 0.29) is 6.42 Å². The lowest BCUT2D eigenvalue weighted by Crippen LogP contribution is -2.36. The molecule has 0 fully saturated rings. The first-order chi connectivity index (χ1) is 20.7. The number of thioether (sulfide) groups is 1.